The molecule has 2 aromatic rings. The van der Waals surface area contributed by atoms with Crippen molar-refractivity contribution in [1.82, 2.24) is 0 Å². The summed E-state index contributed by atoms with van der Waals surface area (Å²) in [6.07, 6.45) is 0. The van der Waals surface area contributed by atoms with Crippen LogP contribution in [0, 0.1) is 10.1 Å². The summed E-state index contributed by atoms with van der Waals surface area (Å²) in [7, 11) is 1.33. The summed E-state index contributed by atoms with van der Waals surface area (Å²) in [6, 6.07) is 3.60. The molecule has 1 aromatic carbocycles. The van der Waals surface area contributed by atoms with E-state index in [4.69, 9.17) is 10.5 Å². The fourth-order valence-corrected chi connectivity index (χ4v) is 2.44. The standard InChI is InChI=1S/C12H12N2O4S.ClH/c1-18-10-5-8(14(16)17)4-9(12(10)15)11(13)7-2-3-19-6-7;/h2-6,11,15H,13H2,1H3;1H/t11-;/m1./s1. The van der Waals surface area contributed by atoms with Crippen LogP contribution >= 0.6 is 23.7 Å². The number of methoxy groups -OCH3 is 1. The van der Waals surface area contributed by atoms with Crippen LogP contribution < -0.4 is 10.5 Å². The van der Waals surface area contributed by atoms with E-state index in [1.807, 2.05) is 10.8 Å². The second kappa shape index (κ2) is 6.56. The molecular weight excluding hydrogens is 304 g/mol. The van der Waals surface area contributed by atoms with Crippen molar-refractivity contribution in [3.05, 3.63) is 50.2 Å². The molecule has 0 radical (unpaired) electrons. The number of ether oxygens (including phenoxy) is 1. The summed E-state index contributed by atoms with van der Waals surface area (Å²) >= 11 is 1.46. The van der Waals surface area contributed by atoms with E-state index < -0.39 is 11.0 Å². The van der Waals surface area contributed by atoms with E-state index in [0.717, 1.165) is 5.56 Å². The van der Waals surface area contributed by atoms with Crippen LogP contribution in [-0.2, 0) is 0 Å². The molecule has 108 valence electrons. The summed E-state index contributed by atoms with van der Waals surface area (Å²) in [5.41, 5.74) is 6.90. The molecule has 1 aromatic heterocycles. The Balaban J connectivity index is 0.00000200. The number of nitro benzene ring substituents is 1. The molecule has 0 aliphatic rings. The predicted octanol–water partition coefficient (Wildman–Crippen LogP) is 2.84. The van der Waals surface area contributed by atoms with Crippen molar-refractivity contribution in [2.45, 2.75) is 6.04 Å². The van der Waals surface area contributed by atoms with Gasteiger partial charge in [0.05, 0.1) is 24.1 Å². The molecule has 0 saturated carbocycles. The van der Waals surface area contributed by atoms with Gasteiger partial charge in [0.1, 0.15) is 0 Å². The lowest BCUT2D eigenvalue weighted by Crippen LogP contribution is -2.12. The Morgan fingerprint density at radius 2 is 2.20 bits per heavy atom. The van der Waals surface area contributed by atoms with Crippen LogP contribution in [0.15, 0.2) is 29.0 Å². The normalized spacial score (nSPS) is 11.5. The maximum Gasteiger partial charge on any atom is 0.273 e. The van der Waals surface area contributed by atoms with E-state index in [1.165, 1.54) is 30.6 Å². The number of phenolic OH excluding ortho intramolecular Hbond substituents is 1. The van der Waals surface area contributed by atoms with Crippen molar-refractivity contribution in [3.63, 3.8) is 0 Å². The molecule has 8 heteroatoms. The highest BCUT2D eigenvalue weighted by molar-refractivity contribution is 7.08. The Hall–Kier alpha value is -1.83. The summed E-state index contributed by atoms with van der Waals surface area (Å²) < 4.78 is 4.94. The second-order valence-electron chi connectivity index (χ2n) is 3.88. The van der Waals surface area contributed by atoms with Crippen LogP contribution in [0.2, 0.25) is 0 Å². The molecule has 6 nitrogen and oxygen atoms in total. The monoisotopic (exact) mass is 316 g/mol. The van der Waals surface area contributed by atoms with Gasteiger partial charge in [0, 0.05) is 11.6 Å². The van der Waals surface area contributed by atoms with E-state index in [0.29, 0.717) is 0 Å². The van der Waals surface area contributed by atoms with Crippen molar-refractivity contribution in [3.8, 4) is 11.5 Å². The number of non-ortho nitro benzene ring substituents is 1. The lowest BCUT2D eigenvalue weighted by Gasteiger charge is -2.14. The zero-order chi connectivity index (χ0) is 14.0. The number of thiophene rings is 1. The van der Waals surface area contributed by atoms with Gasteiger partial charge in [-0.25, -0.2) is 0 Å². The van der Waals surface area contributed by atoms with Crippen molar-refractivity contribution in [1.29, 1.82) is 0 Å². The van der Waals surface area contributed by atoms with Crippen LogP contribution in [0.25, 0.3) is 0 Å². The molecule has 0 unspecified atom stereocenters. The molecule has 1 heterocycles. The van der Waals surface area contributed by atoms with Gasteiger partial charge in [-0.2, -0.15) is 11.3 Å². The zero-order valence-corrected chi connectivity index (χ0v) is 12.1. The number of hydrogen-bond acceptors (Lipinski definition) is 6. The van der Waals surface area contributed by atoms with Gasteiger partial charge in [-0.1, -0.05) is 0 Å². The fraction of sp³-hybridized carbons (Fsp3) is 0.167. The first-order valence-corrected chi connectivity index (χ1v) is 6.32. The van der Waals surface area contributed by atoms with Crippen LogP contribution in [0.4, 0.5) is 5.69 Å². The minimum atomic E-state index is -0.639. The number of aromatic hydroxyl groups is 1. The lowest BCUT2D eigenvalue weighted by atomic mass is 10.00. The first-order valence-electron chi connectivity index (χ1n) is 5.37. The number of hydrogen-bond donors (Lipinski definition) is 2. The highest BCUT2D eigenvalue weighted by Gasteiger charge is 2.22. The second-order valence-corrected chi connectivity index (χ2v) is 4.66. The summed E-state index contributed by atoms with van der Waals surface area (Å²) in [4.78, 5) is 10.3. The Labute approximate surface area is 125 Å². The van der Waals surface area contributed by atoms with Crippen LogP contribution in [-0.4, -0.2) is 17.1 Å². The fourth-order valence-electron chi connectivity index (χ4n) is 1.74. The summed E-state index contributed by atoms with van der Waals surface area (Å²) in [5, 5.41) is 24.6. The van der Waals surface area contributed by atoms with Gasteiger partial charge >= 0.3 is 0 Å². The van der Waals surface area contributed by atoms with Gasteiger partial charge < -0.3 is 15.6 Å². The minimum absolute atomic E-state index is 0. The first kappa shape index (κ1) is 16.2. The zero-order valence-electron chi connectivity index (χ0n) is 10.5. The first-order chi connectivity index (χ1) is 9.04. The molecule has 0 fully saturated rings. The summed E-state index contributed by atoms with van der Waals surface area (Å²) in [6.45, 7) is 0. The van der Waals surface area contributed by atoms with Gasteiger partial charge in [-0.3, -0.25) is 10.1 Å². The molecule has 2 rings (SSSR count). The van der Waals surface area contributed by atoms with Crippen LogP contribution in [0.5, 0.6) is 11.5 Å². The molecule has 0 aliphatic heterocycles. The molecule has 0 aliphatic carbocycles. The van der Waals surface area contributed by atoms with E-state index >= 15 is 0 Å². The molecule has 20 heavy (non-hydrogen) atoms. The maximum absolute atomic E-state index is 10.9. The number of nitro groups is 1. The molecule has 3 N–H and O–H groups in total. The number of halogens is 1. The number of phenols is 1. The van der Waals surface area contributed by atoms with E-state index in [2.05, 4.69) is 0 Å². The highest BCUT2D eigenvalue weighted by Crippen LogP contribution is 2.39. The molecule has 1 atom stereocenters. The van der Waals surface area contributed by atoms with Gasteiger partial charge in [-0.05, 0) is 22.4 Å². The van der Waals surface area contributed by atoms with Crippen molar-refractivity contribution >= 4 is 29.4 Å². The third-order valence-electron chi connectivity index (χ3n) is 2.76. The summed E-state index contributed by atoms with van der Waals surface area (Å²) in [5.74, 6) is -0.137. The van der Waals surface area contributed by atoms with E-state index in [1.54, 1.807) is 6.07 Å². The minimum Gasteiger partial charge on any atom is -0.504 e. The van der Waals surface area contributed by atoms with Crippen molar-refractivity contribution in [2.24, 2.45) is 5.73 Å². The van der Waals surface area contributed by atoms with Gasteiger partial charge in [-0.15, -0.1) is 12.4 Å². The average Bonchev–Trinajstić information content (AvgIpc) is 2.91. The van der Waals surface area contributed by atoms with Gasteiger partial charge in [0.2, 0.25) is 0 Å². The van der Waals surface area contributed by atoms with E-state index in [9.17, 15) is 15.2 Å². The Kier molecular flexibility index (Phi) is 5.32. The smallest absolute Gasteiger partial charge is 0.273 e. The maximum atomic E-state index is 10.9. The molecule has 0 spiro atoms. The van der Waals surface area contributed by atoms with Gasteiger partial charge in [0.15, 0.2) is 11.5 Å². The number of benzene rings is 1. The Bertz CT molecular complexity index is 604. The highest BCUT2D eigenvalue weighted by atomic mass is 35.5. The van der Waals surface area contributed by atoms with Crippen LogP contribution in [0.3, 0.4) is 0 Å². The Morgan fingerprint density at radius 1 is 1.50 bits per heavy atom. The number of nitrogens with zero attached hydrogens (tertiary/aromatic N) is 1. The third kappa shape index (κ3) is 3.01. The quantitative estimate of drug-likeness (QED) is 0.667. The topological polar surface area (TPSA) is 98.6 Å². The molecule has 0 bridgehead atoms. The number of nitrogens with two attached hydrogens (primary N) is 1. The molecular formula is C12H13ClN2O4S. The number of rotatable bonds is 4. The van der Waals surface area contributed by atoms with Gasteiger partial charge in [0.25, 0.3) is 5.69 Å². The van der Waals surface area contributed by atoms with Crippen molar-refractivity contribution < 1.29 is 14.8 Å². The lowest BCUT2D eigenvalue weighted by molar-refractivity contribution is -0.385. The molecule has 0 amide bonds. The average molecular weight is 317 g/mol. The third-order valence-corrected chi connectivity index (χ3v) is 3.46. The molecule has 0 saturated heterocycles. The predicted molar refractivity (Wildman–Crippen MR) is 78.9 cm³/mol. The SMILES string of the molecule is COc1cc([N+](=O)[O-])cc([C@H](N)c2ccsc2)c1O.Cl. The van der Waals surface area contributed by atoms with Crippen LogP contribution in [0.1, 0.15) is 17.2 Å². The Morgan fingerprint density at radius 3 is 2.70 bits per heavy atom. The van der Waals surface area contributed by atoms with Crippen molar-refractivity contribution in [2.75, 3.05) is 7.11 Å². The largest absolute Gasteiger partial charge is 0.504 e. The van der Waals surface area contributed by atoms with E-state index in [-0.39, 0.29) is 35.2 Å².